The topological polar surface area (TPSA) is 69.1 Å². The molecule has 0 fully saturated rings. The van der Waals surface area contributed by atoms with Crippen molar-refractivity contribution < 1.29 is 4.79 Å². The Hall–Kier alpha value is -1.22. The van der Waals surface area contributed by atoms with E-state index in [1.54, 1.807) is 21.0 Å². The molecular formula is C6H12N4O. The maximum Gasteiger partial charge on any atom is 0.222 e. The highest BCUT2D eigenvalue weighted by atomic mass is 16.2. The standard InChI is InChI=1S/C6H12N4O/c1-5(8-9-7)4-6(11)10(2)3/h5H,4H2,1-3H3/t5-/m1/s1. The van der Waals surface area contributed by atoms with Gasteiger partial charge in [0.05, 0.1) is 0 Å². The number of azide groups is 1. The molecule has 5 heteroatoms. The molecular weight excluding hydrogens is 144 g/mol. The molecule has 11 heavy (non-hydrogen) atoms. The van der Waals surface area contributed by atoms with Crippen molar-refractivity contribution in [3.8, 4) is 0 Å². The quantitative estimate of drug-likeness (QED) is 0.343. The molecule has 62 valence electrons. The van der Waals surface area contributed by atoms with Crippen LogP contribution in [0.5, 0.6) is 0 Å². The van der Waals surface area contributed by atoms with Crippen molar-refractivity contribution in [1.82, 2.24) is 4.90 Å². The average Bonchev–Trinajstić information content (AvgIpc) is 1.87. The second kappa shape index (κ2) is 4.57. The molecule has 0 saturated carbocycles. The predicted molar refractivity (Wildman–Crippen MR) is 41.9 cm³/mol. The van der Waals surface area contributed by atoms with E-state index in [-0.39, 0.29) is 18.4 Å². The Kier molecular flexibility index (Phi) is 4.07. The lowest BCUT2D eigenvalue weighted by molar-refractivity contribution is -0.128. The number of rotatable bonds is 3. The summed E-state index contributed by atoms with van der Waals surface area (Å²) in [6.45, 7) is 1.71. The zero-order valence-corrected chi connectivity index (χ0v) is 6.98. The molecule has 0 aliphatic heterocycles. The summed E-state index contributed by atoms with van der Waals surface area (Å²) in [5.74, 6) is -0.0232. The fourth-order valence-electron chi connectivity index (χ4n) is 0.564. The molecule has 0 heterocycles. The van der Waals surface area contributed by atoms with E-state index in [2.05, 4.69) is 10.0 Å². The SMILES string of the molecule is C[C@H](CC(=O)N(C)C)N=[N+]=[N-]. The molecule has 0 aliphatic carbocycles. The van der Waals surface area contributed by atoms with Crippen LogP contribution < -0.4 is 0 Å². The number of carbonyl (C=O) groups excluding carboxylic acids is 1. The van der Waals surface area contributed by atoms with Crippen molar-refractivity contribution in [2.75, 3.05) is 14.1 Å². The fourth-order valence-corrected chi connectivity index (χ4v) is 0.564. The number of nitrogens with zero attached hydrogens (tertiary/aromatic N) is 4. The summed E-state index contributed by atoms with van der Waals surface area (Å²) in [5, 5.41) is 3.38. The molecule has 0 N–H and O–H groups in total. The molecule has 0 bridgehead atoms. The fraction of sp³-hybridized carbons (Fsp3) is 0.833. The Morgan fingerprint density at radius 3 is 2.64 bits per heavy atom. The number of carbonyl (C=O) groups is 1. The zero-order chi connectivity index (χ0) is 8.85. The van der Waals surface area contributed by atoms with Crippen LogP contribution in [-0.4, -0.2) is 30.9 Å². The molecule has 0 aliphatic rings. The summed E-state index contributed by atoms with van der Waals surface area (Å²) in [4.78, 5) is 15.0. The van der Waals surface area contributed by atoms with Crippen LogP contribution in [0.15, 0.2) is 5.11 Å². The Morgan fingerprint density at radius 1 is 1.73 bits per heavy atom. The lowest BCUT2D eigenvalue weighted by atomic mass is 10.2. The van der Waals surface area contributed by atoms with Crippen LogP contribution in [0.2, 0.25) is 0 Å². The van der Waals surface area contributed by atoms with Gasteiger partial charge in [0.2, 0.25) is 5.91 Å². The van der Waals surface area contributed by atoms with Crippen LogP contribution in [-0.2, 0) is 4.79 Å². The summed E-state index contributed by atoms with van der Waals surface area (Å²) in [7, 11) is 3.34. The summed E-state index contributed by atoms with van der Waals surface area (Å²) in [6.07, 6.45) is 0.275. The summed E-state index contributed by atoms with van der Waals surface area (Å²) in [5.41, 5.74) is 8.02. The second-order valence-corrected chi connectivity index (χ2v) is 2.55. The Morgan fingerprint density at radius 2 is 2.27 bits per heavy atom. The Bertz CT molecular complexity index is 183. The van der Waals surface area contributed by atoms with Gasteiger partial charge in [-0.25, -0.2) is 0 Å². The molecule has 1 amide bonds. The molecule has 1 atom stereocenters. The smallest absolute Gasteiger partial charge is 0.222 e. The average molecular weight is 156 g/mol. The molecule has 0 rings (SSSR count). The van der Waals surface area contributed by atoms with E-state index in [0.29, 0.717) is 0 Å². The van der Waals surface area contributed by atoms with Gasteiger partial charge in [-0.15, -0.1) is 0 Å². The molecule has 0 radical (unpaired) electrons. The van der Waals surface area contributed by atoms with Gasteiger partial charge >= 0.3 is 0 Å². The van der Waals surface area contributed by atoms with E-state index in [1.807, 2.05) is 0 Å². The predicted octanol–water partition coefficient (Wildman–Crippen LogP) is 1.16. The highest BCUT2D eigenvalue weighted by Crippen LogP contribution is 1.98. The molecule has 0 unspecified atom stereocenters. The molecule has 5 nitrogen and oxygen atoms in total. The number of hydrogen-bond acceptors (Lipinski definition) is 2. The van der Waals surface area contributed by atoms with Crippen LogP contribution in [0.4, 0.5) is 0 Å². The Labute approximate surface area is 65.6 Å². The van der Waals surface area contributed by atoms with E-state index in [4.69, 9.17) is 5.53 Å². The molecule has 0 aromatic rings. The minimum absolute atomic E-state index is 0.0232. The Balaban J connectivity index is 3.84. The van der Waals surface area contributed by atoms with Crippen LogP contribution in [0.25, 0.3) is 10.4 Å². The van der Waals surface area contributed by atoms with Crippen molar-refractivity contribution in [3.05, 3.63) is 10.4 Å². The van der Waals surface area contributed by atoms with Crippen LogP contribution in [0.3, 0.4) is 0 Å². The van der Waals surface area contributed by atoms with Gasteiger partial charge in [0, 0.05) is 31.5 Å². The van der Waals surface area contributed by atoms with Crippen LogP contribution in [0.1, 0.15) is 13.3 Å². The van der Waals surface area contributed by atoms with Crippen molar-refractivity contribution >= 4 is 5.91 Å². The second-order valence-electron chi connectivity index (χ2n) is 2.55. The number of amides is 1. The van der Waals surface area contributed by atoms with E-state index < -0.39 is 0 Å². The van der Waals surface area contributed by atoms with Crippen molar-refractivity contribution in [2.24, 2.45) is 5.11 Å². The normalized spacial score (nSPS) is 11.5. The van der Waals surface area contributed by atoms with Crippen LogP contribution in [0, 0.1) is 0 Å². The molecule has 0 aromatic carbocycles. The first-order chi connectivity index (χ1) is 5.07. The monoisotopic (exact) mass is 156 g/mol. The van der Waals surface area contributed by atoms with E-state index >= 15 is 0 Å². The van der Waals surface area contributed by atoms with Gasteiger partial charge in [-0.2, -0.15) is 0 Å². The molecule has 0 aromatic heterocycles. The largest absolute Gasteiger partial charge is 0.349 e. The van der Waals surface area contributed by atoms with Gasteiger partial charge in [0.15, 0.2) is 0 Å². The van der Waals surface area contributed by atoms with Crippen LogP contribution >= 0.6 is 0 Å². The first-order valence-corrected chi connectivity index (χ1v) is 3.32. The summed E-state index contributed by atoms with van der Waals surface area (Å²) >= 11 is 0. The van der Waals surface area contributed by atoms with Gasteiger partial charge in [0.25, 0.3) is 0 Å². The van der Waals surface area contributed by atoms with Crippen molar-refractivity contribution in [2.45, 2.75) is 19.4 Å². The van der Waals surface area contributed by atoms with E-state index in [1.165, 1.54) is 4.90 Å². The van der Waals surface area contributed by atoms with Crippen molar-refractivity contribution in [3.63, 3.8) is 0 Å². The zero-order valence-electron chi connectivity index (χ0n) is 6.98. The molecule has 0 spiro atoms. The van der Waals surface area contributed by atoms with Gasteiger partial charge in [0.1, 0.15) is 0 Å². The number of hydrogen-bond donors (Lipinski definition) is 0. The third-order valence-corrected chi connectivity index (χ3v) is 1.22. The van der Waals surface area contributed by atoms with Gasteiger partial charge in [-0.3, -0.25) is 4.79 Å². The first kappa shape index (κ1) is 9.78. The summed E-state index contributed by atoms with van der Waals surface area (Å²) in [6, 6.07) is -0.255. The lowest BCUT2D eigenvalue weighted by Gasteiger charge is -2.10. The van der Waals surface area contributed by atoms with E-state index in [0.717, 1.165) is 0 Å². The van der Waals surface area contributed by atoms with Crippen molar-refractivity contribution in [1.29, 1.82) is 0 Å². The first-order valence-electron chi connectivity index (χ1n) is 3.32. The maximum absolute atomic E-state index is 11.0. The minimum atomic E-state index is -0.255. The van der Waals surface area contributed by atoms with Gasteiger partial charge in [-0.1, -0.05) is 12.0 Å². The van der Waals surface area contributed by atoms with E-state index in [9.17, 15) is 4.79 Å². The third-order valence-electron chi connectivity index (χ3n) is 1.22. The van der Waals surface area contributed by atoms with Gasteiger partial charge < -0.3 is 4.90 Å². The van der Waals surface area contributed by atoms with Gasteiger partial charge in [-0.05, 0) is 5.53 Å². The maximum atomic E-state index is 11.0. The highest BCUT2D eigenvalue weighted by molar-refractivity contribution is 5.76. The highest BCUT2D eigenvalue weighted by Gasteiger charge is 2.07. The molecule has 0 saturated heterocycles. The third kappa shape index (κ3) is 4.22. The minimum Gasteiger partial charge on any atom is -0.349 e. The summed E-state index contributed by atoms with van der Waals surface area (Å²) < 4.78 is 0. The lowest BCUT2D eigenvalue weighted by Crippen LogP contribution is -2.24.